The third-order valence-corrected chi connectivity index (χ3v) is 2.97. The number of unbranched alkanes of at least 4 members (excludes halogenated alkanes) is 1. The van der Waals surface area contributed by atoms with E-state index in [4.69, 9.17) is 9.84 Å². The van der Waals surface area contributed by atoms with Crippen molar-refractivity contribution < 1.29 is 19.4 Å². The molecule has 0 fully saturated rings. The number of urea groups is 1. The number of amides is 2. The number of carbonyl (C=O) groups is 2. The summed E-state index contributed by atoms with van der Waals surface area (Å²) in [5, 5.41) is 11.6. The molecule has 118 valence electrons. The molecule has 0 spiro atoms. The first-order valence-corrected chi connectivity index (χ1v) is 7.36. The average Bonchev–Trinajstić information content (AvgIpc) is 2.43. The first kappa shape index (κ1) is 18.7. The number of nitrogens with one attached hydrogen (secondary N) is 1. The Kier molecular flexibility index (Phi) is 10.8. The topological polar surface area (TPSA) is 78.9 Å². The summed E-state index contributed by atoms with van der Waals surface area (Å²) in [6.45, 7) is 8.21. The van der Waals surface area contributed by atoms with Gasteiger partial charge in [0.15, 0.2) is 0 Å². The summed E-state index contributed by atoms with van der Waals surface area (Å²) >= 11 is 0. The molecule has 1 atom stereocenters. The minimum Gasteiger partial charge on any atom is -0.481 e. The van der Waals surface area contributed by atoms with Gasteiger partial charge in [0, 0.05) is 32.8 Å². The van der Waals surface area contributed by atoms with Gasteiger partial charge in [-0.2, -0.15) is 0 Å². The Labute approximate surface area is 121 Å². The molecule has 2 N–H and O–H groups in total. The number of carboxylic acids is 1. The number of hydrogen-bond donors (Lipinski definition) is 2. The summed E-state index contributed by atoms with van der Waals surface area (Å²) < 4.78 is 5.40. The van der Waals surface area contributed by atoms with Crippen molar-refractivity contribution in [3.8, 4) is 0 Å². The highest BCUT2D eigenvalue weighted by molar-refractivity contribution is 5.75. The summed E-state index contributed by atoms with van der Waals surface area (Å²) in [6, 6.07) is -0.214. The SMILES string of the molecule is CCCCOCCCNC(=O)N(CC)CC(C)C(=O)O. The van der Waals surface area contributed by atoms with Gasteiger partial charge in [-0.3, -0.25) is 4.79 Å². The molecule has 0 heterocycles. The van der Waals surface area contributed by atoms with E-state index in [0.717, 1.165) is 25.9 Å². The van der Waals surface area contributed by atoms with Crippen molar-refractivity contribution in [3.05, 3.63) is 0 Å². The molecule has 0 rings (SSSR count). The van der Waals surface area contributed by atoms with Crippen LogP contribution in [0.4, 0.5) is 4.79 Å². The fourth-order valence-electron chi connectivity index (χ4n) is 1.59. The molecule has 2 amide bonds. The van der Waals surface area contributed by atoms with Gasteiger partial charge in [-0.1, -0.05) is 20.3 Å². The Hall–Kier alpha value is -1.30. The maximum Gasteiger partial charge on any atom is 0.317 e. The maximum absolute atomic E-state index is 11.8. The summed E-state index contributed by atoms with van der Waals surface area (Å²) in [5.74, 6) is -1.45. The summed E-state index contributed by atoms with van der Waals surface area (Å²) in [7, 11) is 0. The van der Waals surface area contributed by atoms with Gasteiger partial charge >= 0.3 is 12.0 Å². The minimum absolute atomic E-state index is 0.214. The van der Waals surface area contributed by atoms with Crippen LogP contribution in [0, 0.1) is 5.92 Å². The van der Waals surface area contributed by atoms with Crippen molar-refractivity contribution in [1.29, 1.82) is 0 Å². The summed E-state index contributed by atoms with van der Waals surface area (Å²) in [6.07, 6.45) is 2.94. The normalized spacial score (nSPS) is 11.9. The van der Waals surface area contributed by atoms with Gasteiger partial charge in [0.1, 0.15) is 0 Å². The Morgan fingerprint density at radius 3 is 2.45 bits per heavy atom. The van der Waals surface area contributed by atoms with Gasteiger partial charge in [-0.15, -0.1) is 0 Å². The molecule has 20 heavy (non-hydrogen) atoms. The molecule has 0 saturated carbocycles. The molecule has 0 aliphatic rings. The van der Waals surface area contributed by atoms with Crippen molar-refractivity contribution in [3.63, 3.8) is 0 Å². The van der Waals surface area contributed by atoms with E-state index in [2.05, 4.69) is 12.2 Å². The average molecular weight is 288 g/mol. The predicted molar refractivity (Wildman–Crippen MR) is 77.8 cm³/mol. The summed E-state index contributed by atoms with van der Waals surface area (Å²) in [4.78, 5) is 24.1. The molecule has 0 saturated heterocycles. The molecule has 0 bridgehead atoms. The van der Waals surface area contributed by atoms with Gasteiger partial charge in [-0.05, 0) is 19.8 Å². The van der Waals surface area contributed by atoms with Crippen LogP contribution in [-0.4, -0.2) is 54.9 Å². The van der Waals surface area contributed by atoms with Crippen LogP contribution in [0.1, 0.15) is 40.0 Å². The minimum atomic E-state index is -0.888. The fourth-order valence-corrected chi connectivity index (χ4v) is 1.59. The van der Waals surface area contributed by atoms with Crippen LogP contribution in [0.25, 0.3) is 0 Å². The van der Waals surface area contributed by atoms with Gasteiger partial charge in [0.25, 0.3) is 0 Å². The largest absolute Gasteiger partial charge is 0.481 e. The first-order chi connectivity index (χ1) is 9.52. The van der Waals surface area contributed by atoms with E-state index in [1.54, 1.807) is 6.92 Å². The van der Waals surface area contributed by atoms with E-state index >= 15 is 0 Å². The number of carbonyl (C=O) groups excluding carboxylic acids is 1. The standard InChI is InChI=1S/C14H28N2O4/c1-4-6-9-20-10-7-8-15-14(19)16(5-2)11-12(3)13(17)18/h12H,4-11H2,1-3H3,(H,15,19)(H,17,18). The zero-order valence-corrected chi connectivity index (χ0v) is 12.9. The lowest BCUT2D eigenvalue weighted by atomic mass is 10.2. The van der Waals surface area contributed by atoms with Crippen LogP contribution in [0.5, 0.6) is 0 Å². The molecule has 0 aliphatic carbocycles. The van der Waals surface area contributed by atoms with E-state index in [1.807, 2.05) is 6.92 Å². The lowest BCUT2D eigenvalue weighted by molar-refractivity contribution is -0.141. The smallest absolute Gasteiger partial charge is 0.317 e. The number of hydrogen-bond acceptors (Lipinski definition) is 3. The Bertz CT molecular complexity index is 284. The van der Waals surface area contributed by atoms with Crippen molar-refractivity contribution in [2.45, 2.75) is 40.0 Å². The zero-order chi connectivity index (χ0) is 15.4. The molecule has 6 heteroatoms. The molecule has 0 aromatic heterocycles. The molecule has 0 aromatic rings. The molecule has 0 aliphatic heterocycles. The molecular weight excluding hydrogens is 260 g/mol. The Morgan fingerprint density at radius 2 is 1.90 bits per heavy atom. The second-order valence-corrected chi connectivity index (χ2v) is 4.83. The number of aliphatic carboxylic acids is 1. The summed E-state index contributed by atoms with van der Waals surface area (Å²) in [5.41, 5.74) is 0. The lowest BCUT2D eigenvalue weighted by Gasteiger charge is -2.23. The number of rotatable bonds is 11. The maximum atomic E-state index is 11.8. The van der Waals surface area contributed by atoms with E-state index in [9.17, 15) is 9.59 Å². The zero-order valence-electron chi connectivity index (χ0n) is 12.9. The molecule has 0 radical (unpaired) electrons. The number of ether oxygens (including phenoxy) is 1. The van der Waals surface area contributed by atoms with Crippen LogP contribution in [0.3, 0.4) is 0 Å². The van der Waals surface area contributed by atoms with Gasteiger partial charge < -0.3 is 20.1 Å². The van der Waals surface area contributed by atoms with Crippen molar-refractivity contribution in [2.24, 2.45) is 5.92 Å². The van der Waals surface area contributed by atoms with Crippen molar-refractivity contribution in [2.75, 3.05) is 32.8 Å². The third kappa shape index (κ3) is 8.74. The van der Waals surface area contributed by atoms with Crippen LogP contribution in [0.15, 0.2) is 0 Å². The van der Waals surface area contributed by atoms with E-state index in [-0.39, 0.29) is 12.6 Å². The van der Waals surface area contributed by atoms with Crippen LogP contribution in [0.2, 0.25) is 0 Å². The van der Waals surface area contributed by atoms with Gasteiger partial charge in [0.05, 0.1) is 5.92 Å². The molecular formula is C14H28N2O4. The first-order valence-electron chi connectivity index (χ1n) is 7.36. The van der Waals surface area contributed by atoms with E-state index in [0.29, 0.717) is 19.7 Å². The second-order valence-electron chi connectivity index (χ2n) is 4.83. The van der Waals surface area contributed by atoms with Crippen LogP contribution < -0.4 is 5.32 Å². The number of nitrogens with zero attached hydrogens (tertiary/aromatic N) is 1. The lowest BCUT2D eigenvalue weighted by Crippen LogP contribution is -2.43. The van der Waals surface area contributed by atoms with Gasteiger partial charge in [0.2, 0.25) is 0 Å². The Balaban J connectivity index is 3.79. The fraction of sp³-hybridized carbons (Fsp3) is 0.857. The van der Waals surface area contributed by atoms with E-state index < -0.39 is 11.9 Å². The molecule has 1 unspecified atom stereocenters. The Morgan fingerprint density at radius 1 is 1.25 bits per heavy atom. The second kappa shape index (κ2) is 11.5. The molecule has 0 aromatic carbocycles. The monoisotopic (exact) mass is 288 g/mol. The van der Waals surface area contributed by atoms with Crippen LogP contribution >= 0.6 is 0 Å². The highest BCUT2D eigenvalue weighted by Gasteiger charge is 2.18. The highest BCUT2D eigenvalue weighted by Crippen LogP contribution is 2.00. The third-order valence-electron chi connectivity index (χ3n) is 2.97. The molecule has 6 nitrogen and oxygen atoms in total. The van der Waals surface area contributed by atoms with E-state index in [1.165, 1.54) is 4.90 Å². The predicted octanol–water partition coefficient (Wildman–Crippen LogP) is 1.95. The quantitative estimate of drug-likeness (QED) is 0.570. The van der Waals surface area contributed by atoms with Crippen LogP contribution in [-0.2, 0) is 9.53 Å². The van der Waals surface area contributed by atoms with Gasteiger partial charge in [-0.25, -0.2) is 4.79 Å². The number of carboxylic acid groups (broad SMARTS) is 1. The highest BCUT2D eigenvalue weighted by atomic mass is 16.5. The van der Waals surface area contributed by atoms with Crippen molar-refractivity contribution >= 4 is 12.0 Å². The van der Waals surface area contributed by atoms with Crippen molar-refractivity contribution in [1.82, 2.24) is 10.2 Å².